The maximum absolute atomic E-state index is 9.67. The summed E-state index contributed by atoms with van der Waals surface area (Å²) in [4.78, 5) is 0. The smallest absolute Gasteiger partial charge is 0.121 e. The van der Waals surface area contributed by atoms with Gasteiger partial charge in [0.2, 0.25) is 0 Å². The first-order chi connectivity index (χ1) is 16.2. The van der Waals surface area contributed by atoms with Crippen molar-refractivity contribution < 1.29 is 14.9 Å². The lowest BCUT2D eigenvalue weighted by Crippen LogP contribution is -1.95. The summed E-state index contributed by atoms with van der Waals surface area (Å²) >= 11 is 0. The SMILES string of the molecule is CCCCCCCCCC=CC=CC=Cc1cccc(O)c1CO.CCCCOCCCC. The Morgan fingerprint density at radius 1 is 0.727 bits per heavy atom. The summed E-state index contributed by atoms with van der Waals surface area (Å²) in [5.41, 5.74) is 1.41. The molecule has 0 bridgehead atoms. The van der Waals surface area contributed by atoms with Gasteiger partial charge in [0.25, 0.3) is 0 Å². The van der Waals surface area contributed by atoms with Gasteiger partial charge >= 0.3 is 0 Å². The molecule has 0 unspecified atom stereocenters. The summed E-state index contributed by atoms with van der Waals surface area (Å²) in [7, 11) is 0. The van der Waals surface area contributed by atoms with Crippen LogP contribution in [-0.4, -0.2) is 23.4 Å². The van der Waals surface area contributed by atoms with Crippen molar-refractivity contribution >= 4 is 6.08 Å². The second kappa shape index (κ2) is 24.8. The summed E-state index contributed by atoms with van der Waals surface area (Å²) in [6.07, 6.45) is 27.6. The molecule has 1 aromatic carbocycles. The van der Waals surface area contributed by atoms with Crippen molar-refractivity contribution in [1.29, 1.82) is 0 Å². The molecule has 0 spiro atoms. The molecule has 0 atom stereocenters. The molecule has 0 aromatic heterocycles. The standard InChI is InChI=1S/C22H32O2.C8H18O/c1-2-3-4-5-6-7-8-9-10-11-12-13-14-16-20-17-15-18-22(24)21(20)19-23;1-3-5-7-9-8-6-4-2/h10-18,23-24H,2-9,19H2,1H3;3-8H2,1-2H3. The number of ether oxygens (including phenoxy) is 1. The molecule has 0 aliphatic heterocycles. The highest BCUT2D eigenvalue weighted by molar-refractivity contribution is 5.58. The Morgan fingerprint density at radius 3 is 1.97 bits per heavy atom. The molecule has 0 saturated heterocycles. The first-order valence-corrected chi connectivity index (χ1v) is 13.2. The molecule has 0 heterocycles. The van der Waals surface area contributed by atoms with Gasteiger partial charge in [0.05, 0.1) is 6.61 Å². The van der Waals surface area contributed by atoms with Gasteiger partial charge in [-0.15, -0.1) is 0 Å². The molecule has 0 amide bonds. The zero-order chi connectivity index (χ0) is 24.4. The van der Waals surface area contributed by atoms with Crippen molar-refractivity contribution in [3.63, 3.8) is 0 Å². The highest BCUT2D eigenvalue weighted by Crippen LogP contribution is 2.22. The number of benzene rings is 1. The average Bonchev–Trinajstić information content (AvgIpc) is 2.82. The van der Waals surface area contributed by atoms with Gasteiger partial charge in [-0.25, -0.2) is 0 Å². The molecule has 3 nitrogen and oxygen atoms in total. The lowest BCUT2D eigenvalue weighted by atomic mass is 10.1. The number of aliphatic hydroxyl groups is 1. The van der Waals surface area contributed by atoms with Crippen LogP contribution in [0.4, 0.5) is 0 Å². The average molecular weight is 459 g/mol. The minimum atomic E-state index is -0.158. The molecule has 0 aliphatic carbocycles. The molecule has 33 heavy (non-hydrogen) atoms. The van der Waals surface area contributed by atoms with E-state index in [9.17, 15) is 10.2 Å². The highest BCUT2D eigenvalue weighted by Gasteiger charge is 2.02. The number of unbranched alkanes of at least 4 members (excludes halogenated alkanes) is 9. The van der Waals surface area contributed by atoms with Crippen LogP contribution < -0.4 is 0 Å². The van der Waals surface area contributed by atoms with Crippen LogP contribution in [0.3, 0.4) is 0 Å². The van der Waals surface area contributed by atoms with E-state index in [4.69, 9.17) is 4.74 Å². The first kappa shape index (κ1) is 31.2. The van der Waals surface area contributed by atoms with Gasteiger partial charge in [0.1, 0.15) is 5.75 Å². The largest absolute Gasteiger partial charge is 0.508 e. The lowest BCUT2D eigenvalue weighted by molar-refractivity contribution is 0.128. The Balaban J connectivity index is 0.000000960. The van der Waals surface area contributed by atoms with Crippen molar-refractivity contribution in [2.45, 2.75) is 104 Å². The van der Waals surface area contributed by atoms with E-state index in [1.54, 1.807) is 12.1 Å². The molecule has 1 rings (SSSR count). The van der Waals surface area contributed by atoms with E-state index < -0.39 is 0 Å². The van der Waals surface area contributed by atoms with Gasteiger partial charge in [0.15, 0.2) is 0 Å². The van der Waals surface area contributed by atoms with Crippen molar-refractivity contribution in [3.05, 3.63) is 59.7 Å². The second-order valence-corrected chi connectivity index (χ2v) is 8.40. The number of allylic oxidation sites excluding steroid dienone is 5. The fourth-order valence-corrected chi connectivity index (χ4v) is 3.20. The zero-order valence-electron chi connectivity index (χ0n) is 21.6. The number of hydrogen-bond donors (Lipinski definition) is 2. The Labute approximate surface area is 204 Å². The Kier molecular flexibility index (Phi) is 23.4. The predicted octanol–water partition coefficient (Wildman–Crippen LogP) is 8.75. The molecule has 3 heteroatoms. The molecule has 0 aliphatic rings. The van der Waals surface area contributed by atoms with E-state index in [0.29, 0.717) is 5.56 Å². The Morgan fingerprint density at radius 2 is 1.33 bits per heavy atom. The third-order valence-corrected chi connectivity index (χ3v) is 5.35. The van der Waals surface area contributed by atoms with Crippen LogP contribution in [0.2, 0.25) is 0 Å². The van der Waals surface area contributed by atoms with Crippen molar-refractivity contribution in [2.75, 3.05) is 13.2 Å². The van der Waals surface area contributed by atoms with Crippen LogP contribution >= 0.6 is 0 Å². The number of phenols is 1. The van der Waals surface area contributed by atoms with Crippen molar-refractivity contribution in [1.82, 2.24) is 0 Å². The highest BCUT2D eigenvalue weighted by atomic mass is 16.5. The van der Waals surface area contributed by atoms with Crippen molar-refractivity contribution in [3.8, 4) is 5.75 Å². The van der Waals surface area contributed by atoms with Crippen LogP contribution in [0.1, 0.15) is 109 Å². The van der Waals surface area contributed by atoms with Gasteiger partial charge in [-0.2, -0.15) is 0 Å². The molecule has 1 aromatic rings. The summed E-state index contributed by atoms with van der Waals surface area (Å²) in [6.45, 7) is 8.37. The molecule has 0 radical (unpaired) electrons. The molecular weight excluding hydrogens is 408 g/mol. The van der Waals surface area contributed by atoms with E-state index in [0.717, 1.165) is 25.2 Å². The van der Waals surface area contributed by atoms with Crippen LogP contribution in [-0.2, 0) is 11.3 Å². The summed E-state index contributed by atoms with van der Waals surface area (Å²) in [5, 5.41) is 19.0. The minimum absolute atomic E-state index is 0.137. The molecule has 0 fully saturated rings. The van der Waals surface area contributed by atoms with E-state index in [2.05, 4.69) is 32.9 Å². The third kappa shape index (κ3) is 19.3. The lowest BCUT2D eigenvalue weighted by Gasteiger charge is -2.04. The number of hydrogen-bond acceptors (Lipinski definition) is 3. The quantitative estimate of drug-likeness (QED) is 0.171. The molecule has 2 N–H and O–H groups in total. The van der Waals surface area contributed by atoms with Crippen LogP contribution in [0.25, 0.3) is 6.08 Å². The maximum Gasteiger partial charge on any atom is 0.121 e. The number of rotatable bonds is 18. The van der Waals surface area contributed by atoms with Crippen LogP contribution in [0, 0.1) is 0 Å². The van der Waals surface area contributed by atoms with Crippen LogP contribution in [0.5, 0.6) is 5.75 Å². The topological polar surface area (TPSA) is 49.7 Å². The Bertz CT molecular complexity index is 625. The first-order valence-electron chi connectivity index (χ1n) is 13.2. The van der Waals surface area contributed by atoms with Gasteiger partial charge in [-0.1, -0.05) is 121 Å². The normalized spacial score (nSPS) is 11.5. The summed E-state index contributed by atoms with van der Waals surface area (Å²) < 4.78 is 5.31. The minimum Gasteiger partial charge on any atom is -0.508 e. The summed E-state index contributed by atoms with van der Waals surface area (Å²) in [5.74, 6) is 0.137. The van der Waals surface area contributed by atoms with E-state index in [1.165, 1.54) is 70.6 Å². The molecular formula is C30H50O3. The van der Waals surface area contributed by atoms with Crippen molar-refractivity contribution in [2.24, 2.45) is 0 Å². The number of aromatic hydroxyl groups is 1. The van der Waals surface area contributed by atoms with Gasteiger partial charge < -0.3 is 14.9 Å². The molecule has 188 valence electrons. The van der Waals surface area contributed by atoms with Gasteiger partial charge in [0, 0.05) is 18.8 Å². The Hall–Kier alpha value is -1.84. The zero-order valence-corrected chi connectivity index (χ0v) is 21.6. The monoisotopic (exact) mass is 458 g/mol. The van der Waals surface area contributed by atoms with Crippen LogP contribution in [0.15, 0.2) is 48.6 Å². The predicted molar refractivity (Wildman–Crippen MR) is 145 cm³/mol. The fraction of sp³-hybridized carbons (Fsp3) is 0.600. The second-order valence-electron chi connectivity index (χ2n) is 8.40. The fourth-order valence-electron chi connectivity index (χ4n) is 3.20. The van der Waals surface area contributed by atoms with Gasteiger partial charge in [-0.3, -0.25) is 0 Å². The maximum atomic E-state index is 9.67. The molecule has 0 saturated carbocycles. The van der Waals surface area contributed by atoms with E-state index in [-0.39, 0.29) is 12.4 Å². The van der Waals surface area contributed by atoms with Gasteiger partial charge in [-0.05, 0) is 37.3 Å². The number of aliphatic hydroxyl groups excluding tert-OH is 1. The van der Waals surface area contributed by atoms with E-state index in [1.807, 2.05) is 30.4 Å². The third-order valence-electron chi connectivity index (χ3n) is 5.35. The van der Waals surface area contributed by atoms with E-state index >= 15 is 0 Å². The summed E-state index contributed by atoms with van der Waals surface area (Å²) in [6, 6.07) is 5.25.